The summed E-state index contributed by atoms with van der Waals surface area (Å²) in [6.45, 7) is 7.99. The molecule has 0 saturated heterocycles. The zero-order chi connectivity index (χ0) is 17.7. The van der Waals surface area contributed by atoms with Crippen LogP contribution in [0.3, 0.4) is 0 Å². The number of hydrogen-bond donors (Lipinski definition) is 1. The maximum atomic E-state index is 11.9. The maximum absolute atomic E-state index is 11.9. The lowest BCUT2D eigenvalue weighted by Crippen LogP contribution is -2.25. The van der Waals surface area contributed by atoms with Gasteiger partial charge in [0.15, 0.2) is 0 Å². The summed E-state index contributed by atoms with van der Waals surface area (Å²) in [5.41, 5.74) is 3.98. The number of amides is 1. The van der Waals surface area contributed by atoms with Crippen LogP contribution in [-0.2, 0) is 6.61 Å². The smallest absolute Gasteiger partial charge is 0.309 e. The van der Waals surface area contributed by atoms with Crippen LogP contribution in [0.5, 0.6) is 5.75 Å². The van der Waals surface area contributed by atoms with E-state index >= 15 is 0 Å². The molecule has 1 N–H and O–H groups in total. The van der Waals surface area contributed by atoms with Crippen molar-refractivity contribution in [2.75, 3.05) is 11.3 Å². The van der Waals surface area contributed by atoms with Gasteiger partial charge in [0.25, 0.3) is 0 Å². The standard InChI is InChI=1S/C19H21NO3S/c1-5-15-7-6-8-16(18(15)20(22)19(21)24-4)12-23-17-10-9-13(2)11-14(17)3/h5-11,22H,1,12H2,2-4H3. The van der Waals surface area contributed by atoms with E-state index in [0.717, 1.165) is 23.1 Å². The second-order valence-electron chi connectivity index (χ2n) is 5.40. The molecule has 4 nitrogen and oxygen atoms in total. The summed E-state index contributed by atoms with van der Waals surface area (Å²) in [5.74, 6) is 0.774. The van der Waals surface area contributed by atoms with Crippen LogP contribution < -0.4 is 9.80 Å². The van der Waals surface area contributed by atoms with Crippen molar-refractivity contribution >= 4 is 28.8 Å². The Bertz CT molecular complexity index is 758. The highest BCUT2D eigenvalue weighted by atomic mass is 32.2. The third-order valence-electron chi connectivity index (χ3n) is 3.64. The van der Waals surface area contributed by atoms with Gasteiger partial charge >= 0.3 is 5.24 Å². The quantitative estimate of drug-likeness (QED) is 0.598. The predicted octanol–water partition coefficient (Wildman–Crippen LogP) is 5.20. The number of aryl methyl sites for hydroxylation is 2. The van der Waals surface area contributed by atoms with Crippen LogP contribution in [0.25, 0.3) is 6.08 Å². The van der Waals surface area contributed by atoms with Crippen molar-refractivity contribution in [3.8, 4) is 5.75 Å². The molecule has 0 atom stereocenters. The van der Waals surface area contributed by atoms with E-state index in [-0.39, 0.29) is 6.61 Å². The Morgan fingerprint density at radius 2 is 2.08 bits per heavy atom. The van der Waals surface area contributed by atoms with Gasteiger partial charge in [-0.1, -0.05) is 60.3 Å². The van der Waals surface area contributed by atoms with Gasteiger partial charge in [-0.2, -0.15) is 5.06 Å². The van der Waals surface area contributed by atoms with Crippen LogP contribution in [-0.4, -0.2) is 16.7 Å². The van der Waals surface area contributed by atoms with Gasteiger partial charge in [0.05, 0.1) is 5.69 Å². The van der Waals surface area contributed by atoms with Crippen molar-refractivity contribution < 1.29 is 14.7 Å². The summed E-state index contributed by atoms with van der Waals surface area (Å²) in [6, 6.07) is 11.4. The highest BCUT2D eigenvalue weighted by molar-refractivity contribution is 8.13. The molecule has 0 saturated carbocycles. The molecule has 2 rings (SSSR count). The molecule has 5 heteroatoms. The average molecular weight is 343 g/mol. The van der Waals surface area contributed by atoms with Gasteiger partial charge < -0.3 is 4.74 Å². The van der Waals surface area contributed by atoms with Crippen LogP contribution in [0.1, 0.15) is 22.3 Å². The number of anilines is 1. The predicted molar refractivity (Wildman–Crippen MR) is 100.0 cm³/mol. The molecule has 2 aromatic rings. The summed E-state index contributed by atoms with van der Waals surface area (Å²) in [4.78, 5) is 11.9. The topological polar surface area (TPSA) is 49.8 Å². The van der Waals surface area contributed by atoms with Crippen LogP contribution >= 0.6 is 11.8 Å². The van der Waals surface area contributed by atoms with E-state index in [1.807, 2.05) is 44.2 Å². The molecule has 126 valence electrons. The lowest BCUT2D eigenvalue weighted by atomic mass is 10.1. The Kier molecular flexibility index (Phi) is 6.06. The molecule has 2 aromatic carbocycles. The molecule has 0 spiro atoms. The number of nitrogens with zero attached hydrogens (tertiary/aromatic N) is 1. The van der Waals surface area contributed by atoms with Gasteiger partial charge in [0.1, 0.15) is 12.4 Å². The summed E-state index contributed by atoms with van der Waals surface area (Å²) in [7, 11) is 0. The minimum absolute atomic E-state index is 0.236. The molecule has 0 unspecified atom stereocenters. The van der Waals surface area contributed by atoms with Crippen molar-refractivity contribution in [2.24, 2.45) is 0 Å². The summed E-state index contributed by atoms with van der Waals surface area (Å²) < 4.78 is 5.89. The molecular weight excluding hydrogens is 322 g/mol. The van der Waals surface area contributed by atoms with Gasteiger partial charge in [0, 0.05) is 11.1 Å². The van der Waals surface area contributed by atoms with E-state index < -0.39 is 5.24 Å². The van der Waals surface area contributed by atoms with Gasteiger partial charge in [-0.15, -0.1) is 0 Å². The minimum Gasteiger partial charge on any atom is -0.489 e. The van der Waals surface area contributed by atoms with Crippen LogP contribution in [0.15, 0.2) is 43.0 Å². The number of thioether (sulfide) groups is 1. The number of para-hydroxylation sites is 1. The minimum atomic E-state index is -0.461. The van der Waals surface area contributed by atoms with E-state index in [0.29, 0.717) is 21.9 Å². The largest absolute Gasteiger partial charge is 0.489 e. The van der Waals surface area contributed by atoms with E-state index in [1.54, 1.807) is 18.4 Å². The highest BCUT2D eigenvalue weighted by Gasteiger charge is 2.19. The molecule has 0 heterocycles. The Labute approximate surface area is 146 Å². The first kappa shape index (κ1) is 18.1. The van der Waals surface area contributed by atoms with E-state index in [2.05, 4.69) is 6.58 Å². The van der Waals surface area contributed by atoms with Gasteiger partial charge in [0.2, 0.25) is 0 Å². The Hall–Kier alpha value is -2.24. The fraction of sp³-hybridized carbons (Fsp3) is 0.211. The molecule has 0 fully saturated rings. The number of carbonyl (C=O) groups is 1. The Morgan fingerprint density at radius 3 is 2.71 bits per heavy atom. The van der Waals surface area contributed by atoms with Crippen LogP contribution in [0.2, 0.25) is 0 Å². The summed E-state index contributed by atoms with van der Waals surface area (Å²) in [6.07, 6.45) is 3.22. The number of hydroxylamine groups is 1. The number of rotatable bonds is 5. The lowest BCUT2D eigenvalue weighted by molar-refractivity contribution is 0.223. The zero-order valence-corrected chi connectivity index (χ0v) is 14.9. The van der Waals surface area contributed by atoms with Crippen molar-refractivity contribution in [3.05, 3.63) is 65.2 Å². The number of benzene rings is 2. The zero-order valence-electron chi connectivity index (χ0n) is 14.1. The van der Waals surface area contributed by atoms with Crippen molar-refractivity contribution in [1.29, 1.82) is 0 Å². The first-order valence-corrected chi connectivity index (χ1v) is 8.71. The number of ether oxygens (including phenoxy) is 1. The van der Waals surface area contributed by atoms with Gasteiger partial charge in [-0.05, 0) is 31.7 Å². The fourth-order valence-corrected chi connectivity index (χ4v) is 2.71. The van der Waals surface area contributed by atoms with Gasteiger partial charge in [-0.25, -0.2) is 0 Å². The third kappa shape index (κ3) is 3.99. The molecule has 0 bridgehead atoms. The van der Waals surface area contributed by atoms with Crippen LogP contribution in [0.4, 0.5) is 10.5 Å². The monoisotopic (exact) mass is 343 g/mol. The number of carbonyl (C=O) groups excluding carboxylic acids is 1. The van der Waals surface area contributed by atoms with Crippen molar-refractivity contribution in [3.63, 3.8) is 0 Å². The molecule has 1 amide bonds. The van der Waals surface area contributed by atoms with E-state index in [4.69, 9.17) is 4.74 Å². The number of hydrogen-bond acceptors (Lipinski definition) is 4. The molecule has 24 heavy (non-hydrogen) atoms. The van der Waals surface area contributed by atoms with Crippen molar-refractivity contribution in [2.45, 2.75) is 20.5 Å². The molecule has 0 radical (unpaired) electrons. The second kappa shape index (κ2) is 8.04. The molecular formula is C19H21NO3S. The second-order valence-corrected chi connectivity index (χ2v) is 6.16. The SMILES string of the molecule is C=Cc1cccc(COc2ccc(C)cc2C)c1N(O)C(=O)SC. The summed E-state index contributed by atoms with van der Waals surface area (Å²) >= 11 is 0.936. The highest BCUT2D eigenvalue weighted by Crippen LogP contribution is 2.29. The fourth-order valence-electron chi connectivity index (χ4n) is 2.45. The first-order chi connectivity index (χ1) is 11.5. The first-order valence-electron chi connectivity index (χ1n) is 7.49. The average Bonchev–Trinajstić information content (AvgIpc) is 2.59. The van der Waals surface area contributed by atoms with E-state index in [1.165, 1.54) is 5.56 Å². The molecule has 0 aliphatic carbocycles. The summed E-state index contributed by atoms with van der Waals surface area (Å²) in [5, 5.41) is 10.4. The van der Waals surface area contributed by atoms with Crippen molar-refractivity contribution in [1.82, 2.24) is 0 Å². The molecule has 0 aliphatic rings. The maximum Gasteiger partial charge on any atom is 0.309 e. The van der Waals surface area contributed by atoms with Gasteiger partial charge in [-0.3, -0.25) is 10.0 Å². The normalized spacial score (nSPS) is 10.3. The Balaban J connectivity index is 2.32. The van der Waals surface area contributed by atoms with Crippen LogP contribution in [0, 0.1) is 13.8 Å². The third-order valence-corrected chi connectivity index (χ3v) is 4.17. The molecule has 0 aromatic heterocycles. The Morgan fingerprint density at radius 1 is 1.33 bits per heavy atom. The molecule has 0 aliphatic heterocycles. The van der Waals surface area contributed by atoms with E-state index in [9.17, 15) is 10.0 Å². The lowest BCUT2D eigenvalue weighted by Gasteiger charge is -2.20.